The number of rotatable bonds is 2. The van der Waals surface area contributed by atoms with Crippen molar-refractivity contribution in [2.45, 2.75) is 6.92 Å². The van der Waals surface area contributed by atoms with E-state index in [9.17, 15) is 4.79 Å². The second kappa shape index (κ2) is 4.65. The van der Waals surface area contributed by atoms with Gasteiger partial charge < -0.3 is 9.84 Å². The summed E-state index contributed by atoms with van der Waals surface area (Å²) < 4.78 is 4.71. The highest BCUT2D eigenvalue weighted by Gasteiger charge is 2.09. The van der Waals surface area contributed by atoms with Crippen LogP contribution in [0.25, 0.3) is 11.1 Å². The third-order valence-electron chi connectivity index (χ3n) is 2.34. The van der Waals surface area contributed by atoms with E-state index in [1.165, 1.54) is 12.3 Å². The number of aryl methyl sites for hydroxylation is 1. The molecule has 0 aliphatic heterocycles. The zero-order valence-electron chi connectivity index (χ0n) is 9.25. The van der Waals surface area contributed by atoms with Crippen LogP contribution >= 0.6 is 0 Å². The van der Waals surface area contributed by atoms with E-state index in [1.807, 2.05) is 31.2 Å². The van der Waals surface area contributed by atoms with Crippen LogP contribution in [0.1, 0.15) is 5.56 Å². The van der Waals surface area contributed by atoms with E-state index in [4.69, 9.17) is 9.84 Å². The summed E-state index contributed by atoms with van der Waals surface area (Å²) in [4.78, 5) is 14.5. The highest BCUT2D eigenvalue weighted by atomic mass is 16.7. The fraction of sp³-hybridized carbons (Fsp3) is 0.0769. The van der Waals surface area contributed by atoms with E-state index in [0.717, 1.165) is 11.1 Å². The monoisotopic (exact) mass is 229 g/mol. The summed E-state index contributed by atoms with van der Waals surface area (Å²) in [5.74, 6) is 0.288. The first-order chi connectivity index (χ1) is 8.16. The van der Waals surface area contributed by atoms with Crippen molar-refractivity contribution < 1.29 is 14.6 Å². The van der Waals surface area contributed by atoms with Gasteiger partial charge in [-0.3, -0.25) is 4.98 Å². The van der Waals surface area contributed by atoms with Gasteiger partial charge in [-0.1, -0.05) is 29.8 Å². The SMILES string of the molecule is Cc1ccc(-c2cnccc2OC(=O)O)cc1. The van der Waals surface area contributed by atoms with Crippen molar-refractivity contribution in [1.29, 1.82) is 0 Å². The Kier molecular flexibility index (Phi) is 3.05. The normalized spacial score (nSPS) is 9.94. The minimum absolute atomic E-state index is 0.288. The molecule has 1 aromatic heterocycles. The molecule has 0 aliphatic rings. The second-order valence-electron chi connectivity index (χ2n) is 3.61. The minimum atomic E-state index is -1.33. The zero-order valence-corrected chi connectivity index (χ0v) is 9.25. The molecule has 86 valence electrons. The molecule has 0 atom stereocenters. The van der Waals surface area contributed by atoms with Crippen LogP contribution in [0.4, 0.5) is 4.79 Å². The zero-order chi connectivity index (χ0) is 12.3. The predicted octanol–water partition coefficient (Wildman–Crippen LogP) is 3.11. The molecule has 0 saturated heterocycles. The van der Waals surface area contributed by atoms with Gasteiger partial charge >= 0.3 is 6.16 Å². The number of carboxylic acid groups (broad SMARTS) is 1. The predicted molar refractivity (Wildman–Crippen MR) is 63.1 cm³/mol. The van der Waals surface area contributed by atoms with Gasteiger partial charge in [-0.2, -0.15) is 0 Å². The molecule has 0 spiro atoms. The molecule has 2 rings (SSSR count). The second-order valence-corrected chi connectivity index (χ2v) is 3.61. The number of hydrogen-bond acceptors (Lipinski definition) is 3. The molecule has 0 amide bonds. The standard InChI is InChI=1S/C13H11NO3/c1-9-2-4-10(5-3-9)11-8-14-7-6-12(11)17-13(15)16/h2-8H,1H3,(H,15,16). The molecule has 0 radical (unpaired) electrons. The number of aromatic nitrogens is 1. The molecule has 0 bridgehead atoms. The number of pyridine rings is 1. The summed E-state index contributed by atoms with van der Waals surface area (Å²) in [5.41, 5.74) is 2.67. The lowest BCUT2D eigenvalue weighted by Crippen LogP contribution is -2.04. The Labute approximate surface area is 98.5 Å². The fourth-order valence-corrected chi connectivity index (χ4v) is 1.51. The van der Waals surface area contributed by atoms with Crippen LogP contribution in [0, 0.1) is 6.92 Å². The average molecular weight is 229 g/mol. The first-order valence-corrected chi connectivity index (χ1v) is 5.08. The van der Waals surface area contributed by atoms with E-state index in [2.05, 4.69) is 4.98 Å². The lowest BCUT2D eigenvalue weighted by atomic mass is 10.1. The highest BCUT2D eigenvalue weighted by Crippen LogP contribution is 2.28. The third kappa shape index (κ3) is 2.60. The molecule has 17 heavy (non-hydrogen) atoms. The van der Waals surface area contributed by atoms with Crippen LogP contribution in [0.3, 0.4) is 0 Å². The van der Waals surface area contributed by atoms with Crippen LogP contribution < -0.4 is 4.74 Å². The molecule has 0 unspecified atom stereocenters. The van der Waals surface area contributed by atoms with Crippen molar-refractivity contribution in [2.24, 2.45) is 0 Å². The number of benzene rings is 1. The van der Waals surface area contributed by atoms with Gasteiger partial charge in [-0.05, 0) is 12.5 Å². The maximum absolute atomic E-state index is 10.6. The number of nitrogens with zero attached hydrogens (tertiary/aromatic N) is 1. The molecule has 2 aromatic rings. The maximum Gasteiger partial charge on any atom is 0.511 e. The van der Waals surface area contributed by atoms with E-state index in [0.29, 0.717) is 5.56 Å². The Morgan fingerprint density at radius 1 is 1.24 bits per heavy atom. The Morgan fingerprint density at radius 2 is 1.94 bits per heavy atom. The summed E-state index contributed by atoms with van der Waals surface area (Å²) in [6.07, 6.45) is 1.75. The smallest absolute Gasteiger partial charge is 0.449 e. The van der Waals surface area contributed by atoms with E-state index >= 15 is 0 Å². The van der Waals surface area contributed by atoms with Crippen molar-refractivity contribution in [2.75, 3.05) is 0 Å². The molecule has 1 N–H and O–H groups in total. The van der Waals surface area contributed by atoms with Gasteiger partial charge in [0.1, 0.15) is 5.75 Å². The molecular formula is C13H11NO3. The Morgan fingerprint density at radius 3 is 2.59 bits per heavy atom. The molecule has 4 heteroatoms. The molecule has 0 fully saturated rings. The van der Waals surface area contributed by atoms with Crippen LogP contribution in [-0.2, 0) is 0 Å². The van der Waals surface area contributed by atoms with Crippen molar-refractivity contribution in [3.63, 3.8) is 0 Å². The molecular weight excluding hydrogens is 218 g/mol. The number of carbonyl (C=O) groups is 1. The van der Waals surface area contributed by atoms with E-state index in [-0.39, 0.29) is 5.75 Å². The summed E-state index contributed by atoms with van der Waals surface area (Å²) >= 11 is 0. The number of hydrogen-bond donors (Lipinski definition) is 1. The summed E-state index contributed by atoms with van der Waals surface area (Å²) in [7, 11) is 0. The quantitative estimate of drug-likeness (QED) is 0.804. The first kappa shape index (κ1) is 11.1. The first-order valence-electron chi connectivity index (χ1n) is 5.08. The van der Waals surface area contributed by atoms with Crippen LogP contribution in [0.2, 0.25) is 0 Å². The Bertz CT molecular complexity index is 535. The number of ether oxygens (including phenoxy) is 1. The van der Waals surface area contributed by atoms with E-state index < -0.39 is 6.16 Å². The van der Waals surface area contributed by atoms with Gasteiger partial charge in [0, 0.05) is 24.0 Å². The molecule has 0 aliphatic carbocycles. The van der Waals surface area contributed by atoms with Gasteiger partial charge in [-0.15, -0.1) is 0 Å². The lowest BCUT2D eigenvalue weighted by Gasteiger charge is -2.07. The van der Waals surface area contributed by atoms with Gasteiger partial charge in [0.25, 0.3) is 0 Å². The van der Waals surface area contributed by atoms with Crippen LogP contribution in [-0.4, -0.2) is 16.2 Å². The van der Waals surface area contributed by atoms with Crippen molar-refractivity contribution in [1.82, 2.24) is 4.98 Å². The van der Waals surface area contributed by atoms with Crippen LogP contribution in [0.15, 0.2) is 42.7 Å². The van der Waals surface area contributed by atoms with Gasteiger partial charge in [-0.25, -0.2) is 4.79 Å². The van der Waals surface area contributed by atoms with Crippen LogP contribution in [0.5, 0.6) is 5.75 Å². The lowest BCUT2D eigenvalue weighted by molar-refractivity contribution is 0.144. The van der Waals surface area contributed by atoms with Gasteiger partial charge in [0.05, 0.1) is 0 Å². The topological polar surface area (TPSA) is 59.4 Å². The summed E-state index contributed by atoms with van der Waals surface area (Å²) in [5, 5.41) is 8.64. The fourth-order valence-electron chi connectivity index (χ4n) is 1.51. The summed E-state index contributed by atoms with van der Waals surface area (Å²) in [6, 6.07) is 9.24. The average Bonchev–Trinajstić information content (AvgIpc) is 2.30. The van der Waals surface area contributed by atoms with Gasteiger partial charge in [0.15, 0.2) is 0 Å². The largest absolute Gasteiger partial charge is 0.511 e. The highest BCUT2D eigenvalue weighted by molar-refractivity contribution is 5.73. The van der Waals surface area contributed by atoms with Crippen molar-refractivity contribution in [3.8, 4) is 16.9 Å². The molecule has 0 saturated carbocycles. The van der Waals surface area contributed by atoms with Crippen molar-refractivity contribution in [3.05, 3.63) is 48.3 Å². The Balaban J connectivity index is 2.44. The molecule has 1 aromatic carbocycles. The minimum Gasteiger partial charge on any atom is -0.449 e. The molecule has 1 heterocycles. The maximum atomic E-state index is 10.6. The van der Waals surface area contributed by atoms with E-state index in [1.54, 1.807) is 6.20 Å². The third-order valence-corrected chi connectivity index (χ3v) is 2.34. The molecule has 4 nitrogen and oxygen atoms in total. The summed E-state index contributed by atoms with van der Waals surface area (Å²) in [6.45, 7) is 1.99. The van der Waals surface area contributed by atoms with Crippen molar-refractivity contribution >= 4 is 6.16 Å². The Hall–Kier alpha value is -2.36. The van der Waals surface area contributed by atoms with Gasteiger partial charge in [0.2, 0.25) is 0 Å².